The number of pyridine rings is 2. The average molecular weight is 348 g/mol. The molecule has 0 bridgehead atoms. The fraction of sp³-hybridized carbons (Fsp3) is 0.105. The number of amides is 1. The molecule has 1 aliphatic rings. The predicted molar refractivity (Wildman–Crippen MR) is 96.3 cm³/mol. The zero-order chi connectivity index (χ0) is 17.8. The minimum atomic E-state index is -0.256. The highest BCUT2D eigenvalue weighted by Gasteiger charge is 2.16. The van der Waals surface area contributed by atoms with Crippen LogP contribution in [-0.4, -0.2) is 22.7 Å². The van der Waals surface area contributed by atoms with Crippen LogP contribution in [0.25, 0.3) is 0 Å². The van der Waals surface area contributed by atoms with E-state index < -0.39 is 0 Å². The lowest BCUT2D eigenvalue weighted by Crippen LogP contribution is -2.13. The van der Waals surface area contributed by atoms with E-state index in [1.165, 1.54) is 0 Å². The topological polar surface area (TPSA) is 85.4 Å². The molecule has 0 unspecified atom stereocenters. The molecular weight excluding hydrogens is 332 g/mol. The maximum Gasteiger partial charge on any atom is 0.256 e. The second-order valence-electron chi connectivity index (χ2n) is 5.66. The van der Waals surface area contributed by atoms with Crippen LogP contribution in [-0.2, 0) is 6.54 Å². The highest BCUT2D eigenvalue weighted by Crippen LogP contribution is 2.32. The highest BCUT2D eigenvalue weighted by atomic mass is 16.7. The van der Waals surface area contributed by atoms with Gasteiger partial charge in [-0.2, -0.15) is 0 Å². The van der Waals surface area contributed by atoms with Crippen molar-refractivity contribution in [3.8, 4) is 11.5 Å². The van der Waals surface area contributed by atoms with Crippen molar-refractivity contribution >= 4 is 17.4 Å². The van der Waals surface area contributed by atoms with Crippen molar-refractivity contribution in [1.29, 1.82) is 0 Å². The molecule has 1 aromatic carbocycles. The van der Waals surface area contributed by atoms with Crippen molar-refractivity contribution < 1.29 is 14.3 Å². The number of ether oxygens (including phenoxy) is 2. The summed E-state index contributed by atoms with van der Waals surface area (Å²) in [6.07, 6.45) is 5.19. The predicted octanol–water partition coefficient (Wildman–Crippen LogP) is 3.07. The van der Waals surface area contributed by atoms with Crippen molar-refractivity contribution in [1.82, 2.24) is 9.97 Å². The van der Waals surface area contributed by atoms with E-state index in [2.05, 4.69) is 20.6 Å². The van der Waals surface area contributed by atoms with E-state index in [0.717, 1.165) is 11.3 Å². The maximum atomic E-state index is 12.3. The Labute approximate surface area is 150 Å². The first-order chi connectivity index (χ1) is 12.8. The van der Waals surface area contributed by atoms with Gasteiger partial charge in [0.15, 0.2) is 11.5 Å². The van der Waals surface area contributed by atoms with Gasteiger partial charge in [0.2, 0.25) is 6.79 Å². The summed E-state index contributed by atoms with van der Waals surface area (Å²) in [5.74, 6) is 1.43. The van der Waals surface area contributed by atoms with Crippen LogP contribution in [0.15, 0.2) is 61.1 Å². The Kier molecular flexibility index (Phi) is 4.34. The van der Waals surface area contributed by atoms with Gasteiger partial charge in [0.05, 0.1) is 11.9 Å². The summed E-state index contributed by atoms with van der Waals surface area (Å²) >= 11 is 0. The van der Waals surface area contributed by atoms with E-state index in [9.17, 15) is 4.79 Å². The van der Waals surface area contributed by atoms with E-state index in [-0.39, 0.29) is 12.7 Å². The summed E-state index contributed by atoms with van der Waals surface area (Å²) in [7, 11) is 0. The molecule has 0 aliphatic carbocycles. The molecule has 0 spiro atoms. The van der Waals surface area contributed by atoms with Gasteiger partial charge < -0.3 is 20.1 Å². The summed E-state index contributed by atoms with van der Waals surface area (Å²) < 4.78 is 10.5. The average Bonchev–Trinajstić information content (AvgIpc) is 3.16. The number of fused-ring (bicyclic) bond motifs is 1. The first-order valence-electron chi connectivity index (χ1n) is 8.08. The summed E-state index contributed by atoms with van der Waals surface area (Å²) in [6.45, 7) is 0.850. The zero-order valence-electron chi connectivity index (χ0n) is 13.8. The number of rotatable bonds is 5. The number of carbonyl (C=O) groups excluding carboxylic acids is 1. The van der Waals surface area contributed by atoms with Gasteiger partial charge in [0.25, 0.3) is 5.91 Å². The highest BCUT2D eigenvalue weighted by molar-refractivity contribution is 6.04. The van der Waals surface area contributed by atoms with Gasteiger partial charge in [0, 0.05) is 24.5 Å². The Balaban J connectivity index is 1.37. The van der Waals surface area contributed by atoms with Crippen LogP contribution in [0.3, 0.4) is 0 Å². The molecular formula is C19H16N4O3. The lowest BCUT2D eigenvalue weighted by molar-refractivity contribution is 0.102. The zero-order valence-corrected chi connectivity index (χ0v) is 13.8. The molecule has 0 saturated heterocycles. The molecule has 0 atom stereocenters. The van der Waals surface area contributed by atoms with Crippen LogP contribution >= 0.6 is 0 Å². The maximum absolute atomic E-state index is 12.3. The number of nitrogens with zero attached hydrogens (tertiary/aromatic N) is 2. The second kappa shape index (κ2) is 7.10. The van der Waals surface area contributed by atoms with Crippen molar-refractivity contribution in [2.75, 3.05) is 17.4 Å². The largest absolute Gasteiger partial charge is 0.454 e. The van der Waals surface area contributed by atoms with Crippen molar-refractivity contribution in [2.45, 2.75) is 6.54 Å². The summed E-state index contributed by atoms with van der Waals surface area (Å²) in [4.78, 5) is 20.6. The Morgan fingerprint density at radius 3 is 2.69 bits per heavy atom. The molecule has 3 aromatic rings. The normalized spacial score (nSPS) is 11.8. The van der Waals surface area contributed by atoms with E-state index in [4.69, 9.17) is 9.47 Å². The molecule has 0 saturated carbocycles. The molecule has 7 nitrogen and oxygen atoms in total. The van der Waals surface area contributed by atoms with Gasteiger partial charge in [-0.1, -0.05) is 0 Å². The van der Waals surface area contributed by atoms with Gasteiger partial charge >= 0.3 is 0 Å². The van der Waals surface area contributed by atoms with Crippen LogP contribution in [0.4, 0.5) is 11.5 Å². The fourth-order valence-corrected chi connectivity index (χ4v) is 2.50. The third-order valence-electron chi connectivity index (χ3n) is 3.89. The van der Waals surface area contributed by atoms with E-state index in [1.54, 1.807) is 42.9 Å². The Bertz CT molecular complexity index is 914. The number of nitrogens with one attached hydrogen (secondary N) is 2. The van der Waals surface area contributed by atoms with Crippen molar-refractivity contribution in [2.24, 2.45) is 0 Å². The monoisotopic (exact) mass is 348 g/mol. The van der Waals surface area contributed by atoms with Gasteiger partial charge in [-0.3, -0.25) is 9.78 Å². The summed E-state index contributed by atoms with van der Waals surface area (Å²) in [5, 5.41) is 6.04. The fourth-order valence-electron chi connectivity index (χ4n) is 2.50. The number of aromatic nitrogens is 2. The molecule has 2 aromatic heterocycles. The Morgan fingerprint density at radius 2 is 1.88 bits per heavy atom. The summed E-state index contributed by atoms with van der Waals surface area (Å²) in [6, 6.07) is 12.6. The third-order valence-corrected chi connectivity index (χ3v) is 3.89. The van der Waals surface area contributed by atoms with Crippen LogP contribution in [0.1, 0.15) is 15.9 Å². The SMILES string of the molecule is O=C(Nc1ccc(NCc2ccncc2)cn1)c1ccc2c(c1)OCO2. The summed E-state index contributed by atoms with van der Waals surface area (Å²) in [5.41, 5.74) is 2.47. The molecule has 3 heterocycles. The van der Waals surface area contributed by atoms with Crippen LogP contribution in [0, 0.1) is 0 Å². The molecule has 2 N–H and O–H groups in total. The lowest BCUT2D eigenvalue weighted by Gasteiger charge is -2.08. The molecule has 26 heavy (non-hydrogen) atoms. The lowest BCUT2D eigenvalue weighted by atomic mass is 10.2. The van der Waals surface area contributed by atoms with Gasteiger partial charge in [-0.05, 0) is 48.0 Å². The van der Waals surface area contributed by atoms with Crippen LogP contribution in [0.5, 0.6) is 11.5 Å². The Hall–Kier alpha value is -3.61. The molecule has 1 aliphatic heterocycles. The molecule has 4 rings (SSSR count). The smallest absolute Gasteiger partial charge is 0.256 e. The van der Waals surface area contributed by atoms with Crippen LogP contribution < -0.4 is 20.1 Å². The minimum absolute atomic E-state index is 0.177. The molecule has 130 valence electrons. The van der Waals surface area contributed by atoms with Crippen molar-refractivity contribution in [3.05, 3.63) is 72.2 Å². The minimum Gasteiger partial charge on any atom is -0.454 e. The number of carbonyl (C=O) groups is 1. The van der Waals surface area contributed by atoms with Gasteiger partial charge in [-0.25, -0.2) is 4.98 Å². The number of hydrogen-bond donors (Lipinski definition) is 2. The van der Waals surface area contributed by atoms with E-state index >= 15 is 0 Å². The van der Waals surface area contributed by atoms with Crippen LogP contribution in [0.2, 0.25) is 0 Å². The van der Waals surface area contributed by atoms with E-state index in [0.29, 0.717) is 29.4 Å². The number of anilines is 2. The molecule has 1 amide bonds. The Morgan fingerprint density at radius 1 is 1.04 bits per heavy atom. The van der Waals surface area contributed by atoms with E-state index in [1.807, 2.05) is 18.2 Å². The number of benzene rings is 1. The first kappa shape index (κ1) is 15.9. The van der Waals surface area contributed by atoms with Gasteiger partial charge in [-0.15, -0.1) is 0 Å². The number of hydrogen-bond acceptors (Lipinski definition) is 6. The molecule has 0 radical (unpaired) electrons. The second-order valence-corrected chi connectivity index (χ2v) is 5.66. The molecule has 0 fully saturated rings. The quantitative estimate of drug-likeness (QED) is 0.737. The van der Waals surface area contributed by atoms with Crippen molar-refractivity contribution in [3.63, 3.8) is 0 Å². The third kappa shape index (κ3) is 3.56. The standard InChI is InChI=1S/C19H16N4O3/c24-19(14-1-3-16-17(9-14)26-12-25-16)23-18-4-2-15(11-22-18)21-10-13-5-7-20-8-6-13/h1-9,11,21H,10,12H2,(H,22,23,24). The first-order valence-corrected chi connectivity index (χ1v) is 8.08. The van der Waals surface area contributed by atoms with Gasteiger partial charge in [0.1, 0.15) is 5.82 Å². The molecule has 7 heteroatoms.